The van der Waals surface area contributed by atoms with Gasteiger partial charge in [-0.3, -0.25) is 4.79 Å². The molecule has 0 radical (unpaired) electrons. The van der Waals surface area contributed by atoms with Crippen LogP contribution in [0.15, 0.2) is 12.1 Å². The molecule has 3 heterocycles. The molecule has 1 fully saturated rings. The highest BCUT2D eigenvalue weighted by Crippen LogP contribution is 2.45. The number of methoxy groups -OCH3 is 1. The first kappa shape index (κ1) is 38.8. The van der Waals surface area contributed by atoms with E-state index in [0.717, 1.165) is 44.5 Å². The third-order valence-corrected chi connectivity index (χ3v) is 10.3. The summed E-state index contributed by atoms with van der Waals surface area (Å²) < 4.78 is 40.2. The third-order valence-electron chi connectivity index (χ3n) is 7.95. The van der Waals surface area contributed by atoms with E-state index in [1.54, 1.807) is 12.0 Å². The number of carbonyl (C=O) groups excluding carboxylic acids is 2. The minimum absolute atomic E-state index is 0.105. The summed E-state index contributed by atoms with van der Waals surface area (Å²) >= 11 is 9.31. The van der Waals surface area contributed by atoms with Crippen molar-refractivity contribution in [1.82, 2.24) is 14.9 Å². The molecular formula is C35H48ClF2N3O4S2. The maximum atomic E-state index is 14.6. The zero-order valence-electron chi connectivity index (χ0n) is 29.4. The molecule has 1 aliphatic rings. The van der Waals surface area contributed by atoms with Crippen LogP contribution in [-0.2, 0) is 37.5 Å². The molecule has 0 bridgehead atoms. The van der Waals surface area contributed by atoms with Gasteiger partial charge in [-0.2, -0.15) is 8.78 Å². The Hall–Kier alpha value is -2.63. The predicted molar refractivity (Wildman–Crippen MR) is 187 cm³/mol. The number of aromatic nitrogens is 2. The molecule has 3 aromatic rings. The molecule has 1 amide bonds. The van der Waals surface area contributed by atoms with E-state index in [1.165, 1.54) is 25.2 Å². The Balaban J connectivity index is 0.00000294. The van der Waals surface area contributed by atoms with E-state index < -0.39 is 17.6 Å². The molecule has 0 saturated carbocycles. The van der Waals surface area contributed by atoms with Crippen molar-refractivity contribution in [3.63, 3.8) is 0 Å². The lowest BCUT2D eigenvalue weighted by molar-refractivity contribution is -0.173. The van der Waals surface area contributed by atoms with Crippen LogP contribution in [0.1, 0.15) is 113 Å². The Bertz CT molecular complexity index is 1530. The summed E-state index contributed by atoms with van der Waals surface area (Å²) in [5.74, 6) is -4.66. The summed E-state index contributed by atoms with van der Waals surface area (Å²) in [6.45, 7) is 20.8. The van der Waals surface area contributed by atoms with Gasteiger partial charge in [-0.15, -0.1) is 22.7 Å². The molecule has 0 spiro atoms. The zero-order chi connectivity index (χ0) is 35.5. The highest BCUT2D eigenvalue weighted by molar-refractivity contribution is 7.16. The number of ether oxygens (including phenoxy) is 2. The van der Waals surface area contributed by atoms with Crippen LogP contribution >= 0.6 is 34.3 Å². The molecule has 2 aromatic heterocycles. The van der Waals surface area contributed by atoms with Crippen molar-refractivity contribution in [1.29, 1.82) is 0 Å². The maximum absolute atomic E-state index is 14.6. The molecule has 1 aliphatic heterocycles. The summed E-state index contributed by atoms with van der Waals surface area (Å²) in [6.07, 6.45) is 1.31. The second kappa shape index (κ2) is 15.3. The summed E-state index contributed by atoms with van der Waals surface area (Å²) in [5, 5.41) is 1.19. The van der Waals surface area contributed by atoms with Gasteiger partial charge in [-0.1, -0.05) is 67.0 Å². The Morgan fingerprint density at radius 3 is 2.04 bits per heavy atom. The number of alkyl halides is 2. The van der Waals surface area contributed by atoms with Gasteiger partial charge >= 0.3 is 11.9 Å². The summed E-state index contributed by atoms with van der Waals surface area (Å²) in [4.78, 5) is 35.8. The number of likely N-dealkylation sites (tertiary alicyclic amines) is 1. The number of aryl methyl sites for hydroxylation is 1. The van der Waals surface area contributed by atoms with Gasteiger partial charge in [0.15, 0.2) is 0 Å². The summed E-state index contributed by atoms with van der Waals surface area (Å²) in [7, 11) is 1.71. The van der Waals surface area contributed by atoms with E-state index in [9.17, 15) is 18.4 Å². The first-order chi connectivity index (χ1) is 21.9. The standard InChI is InChI=1S/C33H42ClF2N3O4S2.C2H6/c1-10-43-30(41)33(35,36)27-18(2)44-23(37-27)17-24(40)39-13-11-19(12-14-39)29-38-25(28(34)45-29)20-15-21(31(3,4)5)26(42-9)22(16-20)32(6,7)8;1-2/h15-16,19H,10-14,17H2,1-9H3;1-2H3. The van der Waals surface area contributed by atoms with E-state index in [0.29, 0.717) is 30.3 Å². The van der Waals surface area contributed by atoms with Gasteiger partial charge in [0.25, 0.3) is 0 Å². The van der Waals surface area contributed by atoms with Crippen molar-refractivity contribution < 1.29 is 27.8 Å². The van der Waals surface area contributed by atoms with E-state index in [2.05, 4.69) is 63.4 Å². The molecule has 1 aromatic carbocycles. The van der Waals surface area contributed by atoms with Gasteiger partial charge < -0.3 is 14.4 Å². The molecule has 12 heteroatoms. The van der Waals surface area contributed by atoms with Crippen molar-refractivity contribution in [2.75, 3.05) is 26.8 Å². The quantitative estimate of drug-likeness (QED) is 0.217. The van der Waals surface area contributed by atoms with Gasteiger partial charge in [0.1, 0.15) is 26.5 Å². The first-order valence-corrected chi connectivity index (χ1v) is 18.1. The highest BCUT2D eigenvalue weighted by atomic mass is 35.5. The van der Waals surface area contributed by atoms with Crippen molar-refractivity contribution in [3.05, 3.63) is 48.2 Å². The van der Waals surface area contributed by atoms with Gasteiger partial charge in [0, 0.05) is 40.6 Å². The van der Waals surface area contributed by atoms with E-state index in [-0.39, 0.29) is 45.6 Å². The van der Waals surface area contributed by atoms with E-state index in [1.807, 2.05) is 13.8 Å². The lowest BCUT2D eigenvalue weighted by atomic mass is 9.78. The number of amides is 1. The number of rotatable bonds is 8. The number of carbonyl (C=O) groups is 2. The third kappa shape index (κ3) is 8.70. The molecule has 0 N–H and O–H groups in total. The lowest BCUT2D eigenvalue weighted by Gasteiger charge is -2.31. The predicted octanol–water partition coefficient (Wildman–Crippen LogP) is 9.46. The SMILES string of the molecule is CC.CCOC(=O)C(F)(F)c1nc(CC(=O)N2CCC(c3nc(-c4cc(C(C)(C)C)c(OC)c(C(C)(C)C)c4)c(Cl)s3)CC2)sc1C. The Labute approximate surface area is 291 Å². The zero-order valence-corrected chi connectivity index (χ0v) is 31.8. The van der Waals surface area contributed by atoms with Crippen molar-refractivity contribution >= 4 is 46.2 Å². The van der Waals surface area contributed by atoms with Crippen LogP contribution in [0, 0.1) is 6.92 Å². The van der Waals surface area contributed by atoms with E-state index >= 15 is 0 Å². The monoisotopic (exact) mass is 711 g/mol. The van der Waals surface area contributed by atoms with Crippen LogP contribution in [0.4, 0.5) is 8.78 Å². The minimum atomic E-state index is -3.86. The van der Waals surface area contributed by atoms with Gasteiger partial charge in [0.05, 0.1) is 25.1 Å². The molecule has 260 valence electrons. The number of hydrogen-bond donors (Lipinski definition) is 0. The average Bonchev–Trinajstić information content (AvgIpc) is 3.58. The number of benzene rings is 1. The smallest absolute Gasteiger partial charge is 0.385 e. The lowest BCUT2D eigenvalue weighted by Crippen LogP contribution is -2.38. The van der Waals surface area contributed by atoms with Gasteiger partial charge in [-0.25, -0.2) is 14.8 Å². The van der Waals surface area contributed by atoms with E-state index in [4.69, 9.17) is 21.3 Å². The molecular weight excluding hydrogens is 664 g/mol. The van der Waals surface area contributed by atoms with Crippen molar-refractivity contribution in [3.8, 4) is 17.0 Å². The molecule has 0 atom stereocenters. The maximum Gasteiger partial charge on any atom is 0.385 e. The molecule has 1 saturated heterocycles. The second-order valence-electron chi connectivity index (χ2n) is 13.4. The van der Waals surface area contributed by atoms with Crippen LogP contribution < -0.4 is 4.74 Å². The Kier molecular flexibility index (Phi) is 12.6. The van der Waals surface area contributed by atoms with Crippen LogP contribution in [0.2, 0.25) is 4.34 Å². The number of thiazole rings is 2. The molecule has 47 heavy (non-hydrogen) atoms. The second-order valence-corrected chi connectivity index (χ2v) is 16.3. The van der Waals surface area contributed by atoms with Gasteiger partial charge in [0.2, 0.25) is 5.91 Å². The Morgan fingerprint density at radius 2 is 1.55 bits per heavy atom. The largest absolute Gasteiger partial charge is 0.496 e. The number of halogens is 3. The number of nitrogens with zero attached hydrogens (tertiary/aromatic N) is 3. The molecule has 0 unspecified atom stereocenters. The van der Waals surface area contributed by atoms with Crippen molar-refractivity contribution in [2.24, 2.45) is 0 Å². The fourth-order valence-electron chi connectivity index (χ4n) is 5.52. The summed E-state index contributed by atoms with van der Waals surface area (Å²) in [5.41, 5.74) is 2.93. The molecule has 4 rings (SSSR count). The molecule has 7 nitrogen and oxygen atoms in total. The fraction of sp³-hybridized carbons (Fsp3) is 0.600. The van der Waals surface area contributed by atoms with Crippen LogP contribution in [-0.4, -0.2) is 53.6 Å². The number of hydrogen-bond acceptors (Lipinski definition) is 8. The topological polar surface area (TPSA) is 81.6 Å². The van der Waals surface area contributed by atoms with Crippen LogP contribution in [0.25, 0.3) is 11.3 Å². The minimum Gasteiger partial charge on any atom is -0.496 e. The fourth-order valence-corrected chi connectivity index (χ4v) is 7.85. The first-order valence-electron chi connectivity index (χ1n) is 16.1. The Morgan fingerprint density at radius 1 is 1.00 bits per heavy atom. The number of esters is 1. The van der Waals surface area contributed by atoms with Gasteiger partial charge in [-0.05, 0) is 49.7 Å². The molecule has 0 aliphatic carbocycles. The van der Waals surface area contributed by atoms with Crippen LogP contribution in [0.3, 0.4) is 0 Å². The number of piperidine rings is 1. The van der Waals surface area contributed by atoms with Crippen LogP contribution in [0.5, 0.6) is 5.75 Å². The normalized spacial score (nSPS) is 14.5. The van der Waals surface area contributed by atoms with Crippen molar-refractivity contribution in [2.45, 2.75) is 111 Å². The highest BCUT2D eigenvalue weighted by Gasteiger charge is 2.46. The average molecular weight is 712 g/mol. The summed E-state index contributed by atoms with van der Waals surface area (Å²) in [6, 6.07) is 4.27.